The van der Waals surface area contributed by atoms with Crippen LogP contribution in [0.2, 0.25) is 0 Å². The van der Waals surface area contributed by atoms with Gasteiger partial charge in [0, 0.05) is 41.4 Å². The highest BCUT2D eigenvalue weighted by atomic mass is 19.4. The Labute approximate surface area is 226 Å². The number of rotatable bonds is 8. The molecule has 202 valence electrons. The van der Waals surface area contributed by atoms with Crippen LogP contribution in [0.3, 0.4) is 0 Å². The number of nitrogens with zero attached hydrogens (tertiary/aromatic N) is 7. The molecule has 0 N–H and O–H groups in total. The Morgan fingerprint density at radius 2 is 1.85 bits per heavy atom. The maximum Gasteiger partial charge on any atom is 0.434 e. The van der Waals surface area contributed by atoms with Gasteiger partial charge < -0.3 is 14.2 Å². The van der Waals surface area contributed by atoms with Crippen LogP contribution < -0.4 is 9.64 Å². The summed E-state index contributed by atoms with van der Waals surface area (Å²) >= 11 is 0. The zero-order valence-corrected chi connectivity index (χ0v) is 20.8. The van der Waals surface area contributed by atoms with E-state index in [4.69, 9.17) is 8.85 Å². The van der Waals surface area contributed by atoms with Crippen molar-refractivity contribution in [3.05, 3.63) is 65.8 Å². The number of imidazole rings is 1. The molecule has 3 heterocycles. The second-order valence-corrected chi connectivity index (χ2v) is 9.65. The molecular weight excluding hydrogens is 514 g/mol. The normalized spacial score (nSPS) is 16.9. The predicted octanol–water partition coefficient (Wildman–Crippen LogP) is 5.81. The third kappa shape index (κ3) is 5.02. The van der Waals surface area contributed by atoms with Crippen molar-refractivity contribution in [1.29, 1.82) is 0 Å². The second kappa shape index (κ2) is 9.58. The first-order valence-corrected chi connectivity index (χ1v) is 12.4. The first kappa shape index (κ1) is 21.8. The lowest BCUT2D eigenvalue weighted by Crippen LogP contribution is -2.20. The highest BCUT2D eigenvalue weighted by Gasteiger charge is 2.37. The average molecular weight is 543 g/mol. The van der Waals surface area contributed by atoms with Crippen molar-refractivity contribution in [2.45, 2.75) is 50.4 Å². The van der Waals surface area contributed by atoms with Crippen LogP contribution in [0.5, 0.6) is 5.88 Å². The first-order chi connectivity index (χ1) is 19.9. The van der Waals surface area contributed by atoms with E-state index >= 15 is 4.39 Å². The van der Waals surface area contributed by atoms with Gasteiger partial charge in [0.2, 0.25) is 5.88 Å². The largest absolute Gasteiger partial charge is 0.480 e. The summed E-state index contributed by atoms with van der Waals surface area (Å²) in [5.74, 6) is -0.839. The number of hydrogen-bond donors (Lipinski definition) is 0. The monoisotopic (exact) mass is 542 g/mol. The summed E-state index contributed by atoms with van der Waals surface area (Å²) in [5.41, 5.74) is 0.967. The van der Waals surface area contributed by atoms with Crippen molar-refractivity contribution in [3.8, 4) is 28.7 Å². The molecule has 0 unspecified atom stereocenters. The second-order valence-electron chi connectivity index (χ2n) is 9.65. The molecule has 2 saturated carbocycles. The highest BCUT2D eigenvalue weighted by molar-refractivity contribution is 5.67. The summed E-state index contributed by atoms with van der Waals surface area (Å²) in [6.07, 6.45) is 2.04. The van der Waals surface area contributed by atoms with E-state index < -0.39 is 30.5 Å². The van der Waals surface area contributed by atoms with Crippen molar-refractivity contribution >= 4 is 5.82 Å². The maximum absolute atomic E-state index is 15.2. The standard InChI is InChI=1S/C27H25F4N7O/c1-37(25-19(28)11-32-23(36-25)21-22(16-7-8-16)33-14-34-26(21)39-2)12-15-3-5-17(6-4-15)24-35-20(27(29,30)31)13-38(24)18-9-10-18/h3-6,11,13-14,16,18H,7-10,12H2,1-2H3/i1D3. The van der Waals surface area contributed by atoms with E-state index in [1.54, 1.807) is 24.3 Å². The summed E-state index contributed by atoms with van der Waals surface area (Å²) < 4.78 is 86.5. The van der Waals surface area contributed by atoms with Gasteiger partial charge in [-0.05, 0) is 31.2 Å². The summed E-state index contributed by atoms with van der Waals surface area (Å²) in [5, 5.41) is 0. The molecule has 0 radical (unpaired) electrons. The van der Waals surface area contributed by atoms with E-state index in [9.17, 15) is 13.2 Å². The van der Waals surface area contributed by atoms with Crippen molar-refractivity contribution in [1.82, 2.24) is 29.5 Å². The van der Waals surface area contributed by atoms with Gasteiger partial charge in [-0.1, -0.05) is 24.3 Å². The molecule has 2 aliphatic rings. The van der Waals surface area contributed by atoms with Gasteiger partial charge in [0.25, 0.3) is 0 Å². The third-order valence-electron chi connectivity index (χ3n) is 6.72. The van der Waals surface area contributed by atoms with E-state index in [2.05, 4.69) is 24.9 Å². The molecular formula is C27H25F4N7O. The number of benzene rings is 1. The van der Waals surface area contributed by atoms with Crippen LogP contribution >= 0.6 is 0 Å². The fourth-order valence-electron chi connectivity index (χ4n) is 4.47. The van der Waals surface area contributed by atoms with E-state index in [0.717, 1.165) is 43.0 Å². The molecule has 0 saturated heterocycles. The van der Waals surface area contributed by atoms with Crippen LogP contribution in [0.25, 0.3) is 22.8 Å². The molecule has 1 aromatic carbocycles. The summed E-state index contributed by atoms with van der Waals surface area (Å²) in [6, 6.07) is 6.26. The van der Waals surface area contributed by atoms with Crippen LogP contribution in [0.15, 0.2) is 43.0 Å². The van der Waals surface area contributed by atoms with Crippen molar-refractivity contribution in [2.24, 2.45) is 0 Å². The van der Waals surface area contributed by atoms with Crippen molar-refractivity contribution < 1.29 is 26.4 Å². The number of methoxy groups -OCH3 is 1. The summed E-state index contributed by atoms with van der Waals surface area (Å²) in [6.45, 7) is -3.07. The minimum absolute atomic E-state index is 0.0303. The Morgan fingerprint density at radius 3 is 2.49 bits per heavy atom. The Morgan fingerprint density at radius 1 is 1.08 bits per heavy atom. The predicted molar refractivity (Wildman–Crippen MR) is 135 cm³/mol. The molecule has 39 heavy (non-hydrogen) atoms. The topological polar surface area (TPSA) is 81.9 Å². The van der Waals surface area contributed by atoms with Crippen molar-refractivity contribution in [2.75, 3.05) is 19.0 Å². The number of anilines is 1. The molecule has 2 fully saturated rings. The Hall–Kier alpha value is -4.09. The van der Waals surface area contributed by atoms with Gasteiger partial charge in [-0.15, -0.1) is 0 Å². The fourth-order valence-corrected chi connectivity index (χ4v) is 4.47. The number of hydrogen-bond acceptors (Lipinski definition) is 7. The van der Waals surface area contributed by atoms with Gasteiger partial charge in [0.05, 0.1) is 19.0 Å². The quantitative estimate of drug-likeness (QED) is 0.260. The van der Waals surface area contributed by atoms with E-state index in [-0.39, 0.29) is 36.0 Å². The van der Waals surface area contributed by atoms with Crippen LogP contribution in [0.1, 0.15) is 58.7 Å². The maximum atomic E-state index is 15.2. The Bertz CT molecular complexity index is 1620. The minimum atomic E-state index is -4.58. The smallest absolute Gasteiger partial charge is 0.434 e. The molecule has 6 rings (SSSR count). The van der Waals surface area contributed by atoms with Gasteiger partial charge in [0.15, 0.2) is 23.2 Å². The Kier molecular flexibility index (Phi) is 5.36. The lowest BCUT2D eigenvalue weighted by Gasteiger charge is -2.20. The summed E-state index contributed by atoms with van der Waals surface area (Å²) in [4.78, 5) is 21.6. The van der Waals surface area contributed by atoms with Crippen molar-refractivity contribution in [3.63, 3.8) is 0 Å². The molecule has 0 bridgehead atoms. The SMILES string of the molecule is [2H]C([2H])([2H])N(Cc1ccc(-c2nc(C(F)(F)F)cn2C2CC2)cc1)c1nc(-c2c(OC)ncnc2C2CC2)ncc1F. The van der Waals surface area contributed by atoms with Gasteiger partial charge in [0.1, 0.15) is 17.7 Å². The van der Waals surface area contributed by atoms with Gasteiger partial charge >= 0.3 is 6.18 Å². The number of ether oxygens (including phenoxy) is 1. The van der Waals surface area contributed by atoms with Gasteiger partial charge in [-0.2, -0.15) is 13.2 Å². The lowest BCUT2D eigenvalue weighted by atomic mass is 10.1. The van der Waals surface area contributed by atoms with E-state index in [1.165, 1.54) is 18.0 Å². The number of halogens is 4. The molecule has 2 aliphatic carbocycles. The van der Waals surface area contributed by atoms with E-state index in [1.807, 2.05) is 0 Å². The molecule has 0 atom stereocenters. The van der Waals surface area contributed by atoms with Crippen LogP contribution in [-0.2, 0) is 12.7 Å². The molecule has 8 nitrogen and oxygen atoms in total. The highest BCUT2D eigenvalue weighted by Crippen LogP contribution is 2.45. The summed E-state index contributed by atoms with van der Waals surface area (Å²) in [7, 11) is 1.42. The fraction of sp³-hybridized carbons (Fsp3) is 0.370. The van der Waals surface area contributed by atoms with Crippen LogP contribution in [-0.4, -0.2) is 43.6 Å². The lowest BCUT2D eigenvalue weighted by molar-refractivity contribution is -0.140. The molecule has 4 aromatic rings. The van der Waals surface area contributed by atoms with Crippen LogP contribution in [0, 0.1) is 5.82 Å². The Balaban J connectivity index is 1.33. The zero-order valence-electron chi connectivity index (χ0n) is 23.8. The van der Waals surface area contributed by atoms with Crippen LogP contribution in [0.4, 0.5) is 23.4 Å². The molecule has 0 spiro atoms. The van der Waals surface area contributed by atoms with Gasteiger partial charge in [-0.25, -0.2) is 29.3 Å². The first-order valence-electron chi connectivity index (χ1n) is 13.9. The zero-order chi connectivity index (χ0) is 29.8. The molecule has 3 aromatic heterocycles. The number of alkyl halides is 3. The van der Waals surface area contributed by atoms with Gasteiger partial charge in [-0.3, -0.25) is 0 Å². The third-order valence-corrected chi connectivity index (χ3v) is 6.72. The minimum Gasteiger partial charge on any atom is -0.480 e. The average Bonchev–Trinajstić information content (AvgIpc) is 3.89. The molecule has 12 heteroatoms. The number of aromatic nitrogens is 6. The molecule has 0 aliphatic heterocycles. The van der Waals surface area contributed by atoms with E-state index in [0.29, 0.717) is 22.4 Å². The molecule has 0 amide bonds.